The summed E-state index contributed by atoms with van der Waals surface area (Å²) in [5.41, 5.74) is 4.36. The minimum absolute atomic E-state index is 0.0425. The third kappa shape index (κ3) is 12.8. The van der Waals surface area contributed by atoms with Crippen LogP contribution in [-0.2, 0) is 14.3 Å². The van der Waals surface area contributed by atoms with Crippen LogP contribution in [0.4, 0.5) is 0 Å². The van der Waals surface area contributed by atoms with Crippen molar-refractivity contribution in [1.82, 2.24) is 0 Å². The number of carboxylic acids is 3. The van der Waals surface area contributed by atoms with Gasteiger partial charge < -0.3 is 24.8 Å². The third-order valence-electron chi connectivity index (χ3n) is 5.48. The highest BCUT2D eigenvalue weighted by atomic mass is 16.6. The maximum absolute atomic E-state index is 11.8. The molecule has 9 nitrogen and oxygen atoms in total. The summed E-state index contributed by atoms with van der Waals surface area (Å²) in [6.07, 6.45) is -0.771. The van der Waals surface area contributed by atoms with Crippen molar-refractivity contribution in [2.24, 2.45) is 0 Å². The van der Waals surface area contributed by atoms with Gasteiger partial charge in [0.1, 0.15) is 6.61 Å². The van der Waals surface area contributed by atoms with Crippen LogP contribution >= 0.6 is 0 Å². The molecular weight excluding hydrogens is 516 g/mol. The van der Waals surface area contributed by atoms with Gasteiger partial charge in [0.2, 0.25) is 0 Å². The van der Waals surface area contributed by atoms with E-state index in [2.05, 4.69) is 0 Å². The standard InChI is InChI=1S/C15H20O5.2C8H8O2/c1-4-13(20-11(3)14(16)17)9-19-15(18)12-7-5-10(2)6-8-12;2*1-6-2-4-7(5-3-6)8(9)10/h5-8,11,13H,4,9H2,1-3H3,(H,16,17);2*2-5H,1H3,(H,9,10)/t11-,13+;;/m1../s1. The third-order valence-corrected chi connectivity index (χ3v) is 5.48. The number of aliphatic carboxylic acids is 1. The highest BCUT2D eigenvalue weighted by molar-refractivity contribution is 5.89. The number of carboxylic acid groups (broad SMARTS) is 3. The van der Waals surface area contributed by atoms with Gasteiger partial charge in [-0.3, -0.25) is 0 Å². The Morgan fingerprint density at radius 2 is 1.00 bits per heavy atom. The van der Waals surface area contributed by atoms with Crippen molar-refractivity contribution in [3.8, 4) is 0 Å². The molecule has 3 N–H and O–H groups in total. The van der Waals surface area contributed by atoms with Gasteiger partial charge in [-0.25, -0.2) is 19.2 Å². The maximum atomic E-state index is 11.8. The molecule has 0 aromatic heterocycles. The summed E-state index contributed by atoms with van der Waals surface area (Å²) >= 11 is 0. The predicted molar refractivity (Wildman–Crippen MR) is 150 cm³/mol. The molecule has 0 unspecified atom stereocenters. The molecule has 0 radical (unpaired) electrons. The zero-order chi connectivity index (χ0) is 30.2. The summed E-state index contributed by atoms with van der Waals surface area (Å²) < 4.78 is 10.4. The fourth-order valence-corrected chi connectivity index (χ4v) is 2.93. The molecule has 40 heavy (non-hydrogen) atoms. The van der Waals surface area contributed by atoms with Crippen LogP contribution < -0.4 is 0 Å². The number of hydrogen-bond donors (Lipinski definition) is 3. The summed E-state index contributed by atoms with van der Waals surface area (Å²) in [5.74, 6) is -3.22. The molecule has 0 bridgehead atoms. The molecule has 9 heteroatoms. The molecular formula is C31H36O9. The van der Waals surface area contributed by atoms with Gasteiger partial charge >= 0.3 is 23.9 Å². The lowest BCUT2D eigenvalue weighted by Gasteiger charge is -2.18. The molecule has 0 spiro atoms. The Kier molecular flexibility index (Phi) is 14.4. The normalized spacial score (nSPS) is 11.4. The Balaban J connectivity index is 0.000000333. The van der Waals surface area contributed by atoms with Gasteiger partial charge in [-0.1, -0.05) is 60.0 Å². The molecule has 0 aliphatic rings. The molecule has 0 heterocycles. The molecule has 0 aliphatic carbocycles. The second-order valence-electron chi connectivity index (χ2n) is 8.95. The molecule has 3 aromatic rings. The number of carbonyl (C=O) groups is 4. The molecule has 0 saturated carbocycles. The van der Waals surface area contributed by atoms with Crippen LogP contribution in [0.15, 0.2) is 72.8 Å². The molecule has 0 aliphatic heterocycles. The van der Waals surface area contributed by atoms with Crippen molar-refractivity contribution in [2.45, 2.75) is 53.2 Å². The minimum Gasteiger partial charge on any atom is -0.479 e. The van der Waals surface area contributed by atoms with E-state index in [4.69, 9.17) is 24.8 Å². The number of carbonyl (C=O) groups excluding carboxylic acids is 1. The minimum atomic E-state index is -1.03. The van der Waals surface area contributed by atoms with E-state index in [1.165, 1.54) is 6.92 Å². The van der Waals surface area contributed by atoms with E-state index in [9.17, 15) is 19.2 Å². The van der Waals surface area contributed by atoms with Crippen LogP contribution in [0.2, 0.25) is 0 Å². The number of aryl methyl sites for hydroxylation is 3. The monoisotopic (exact) mass is 552 g/mol. The highest BCUT2D eigenvalue weighted by Gasteiger charge is 2.19. The topological polar surface area (TPSA) is 147 Å². The smallest absolute Gasteiger partial charge is 0.338 e. The van der Waals surface area contributed by atoms with E-state index in [1.807, 2.05) is 39.8 Å². The largest absolute Gasteiger partial charge is 0.479 e. The second kappa shape index (κ2) is 17.2. The second-order valence-corrected chi connectivity index (χ2v) is 8.95. The van der Waals surface area contributed by atoms with Crippen LogP contribution in [0, 0.1) is 20.8 Å². The van der Waals surface area contributed by atoms with Crippen LogP contribution in [0.25, 0.3) is 0 Å². The molecule has 3 rings (SSSR count). The van der Waals surface area contributed by atoms with E-state index in [0.29, 0.717) is 23.1 Å². The van der Waals surface area contributed by atoms with Gasteiger partial charge in [0.25, 0.3) is 0 Å². The van der Waals surface area contributed by atoms with Crippen LogP contribution in [0.3, 0.4) is 0 Å². The Labute approximate surface area is 234 Å². The fraction of sp³-hybridized carbons (Fsp3) is 0.290. The lowest BCUT2D eigenvalue weighted by molar-refractivity contribution is -0.154. The van der Waals surface area contributed by atoms with Gasteiger partial charge in [0.05, 0.1) is 22.8 Å². The number of ether oxygens (including phenoxy) is 2. The van der Waals surface area contributed by atoms with Crippen molar-refractivity contribution >= 4 is 23.9 Å². The number of benzene rings is 3. The van der Waals surface area contributed by atoms with E-state index >= 15 is 0 Å². The van der Waals surface area contributed by atoms with Crippen LogP contribution in [0.1, 0.15) is 68.0 Å². The first-order chi connectivity index (χ1) is 18.8. The van der Waals surface area contributed by atoms with Crippen molar-refractivity contribution in [1.29, 1.82) is 0 Å². The van der Waals surface area contributed by atoms with Crippen molar-refractivity contribution < 1.29 is 44.0 Å². The maximum Gasteiger partial charge on any atom is 0.338 e. The van der Waals surface area contributed by atoms with Crippen LogP contribution in [-0.4, -0.2) is 58.0 Å². The number of aromatic carboxylic acids is 2. The Bertz CT molecular complexity index is 1180. The molecule has 2 atom stereocenters. The van der Waals surface area contributed by atoms with E-state index in [0.717, 1.165) is 16.7 Å². The quantitative estimate of drug-likeness (QED) is 0.280. The van der Waals surface area contributed by atoms with Gasteiger partial charge in [-0.15, -0.1) is 0 Å². The first kappa shape index (κ1) is 33.5. The first-order valence-corrected chi connectivity index (χ1v) is 12.6. The highest BCUT2D eigenvalue weighted by Crippen LogP contribution is 2.09. The summed E-state index contributed by atoms with van der Waals surface area (Å²) in [4.78, 5) is 43.1. The van der Waals surface area contributed by atoms with Crippen molar-refractivity contribution in [3.63, 3.8) is 0 Å². The number of esters is 1. The average molecular weight is 553 g/mol. The summed E-state index contributed by atoms with van der Waals surface area (Å²) in [6.45, 7) is 9.12. The lowest BCUT2D eigenvalue weighted by Crippen LogP contribution is -2.30. The molecule has 214 valence electrons. The zero-order valence-electron chi connectivity index (χ0n) is 23.3. The summed E-state index contributed by atoms with van der Waals surface area (Å²) in [7, 11) is 0. The van der Waals surface area contributed by atoms with Gasteiger partial charge in [-0.05, 0) is 70.5 Å². The van der Waals surface area contributed by atoms with E-state index in [-0.39, 0.29) is 6.61 Å². The SMILES string of the molecule is CC[C@@H](COC(=O)c1ccc(C)cc1)O[C@H](C)C(=O)O.Cc1ccc(C(=O)O)cc1.Cc1ccc(C(=O)O)cc1. The number of rotatable bonds is 9. The first-order valence-electron chi connectivity index (χ1n) is 12.6. The van der Waals surface area contributed by atoms with Crippen molar-refractivity contribution in [2.75, 3.05) is 6.61 Å². The zero-order valence-corrected chi connectivity index (χ0v) is 23.3. The average Bonchev–Trinajstić information content (AvgIpc) is 2.92. The molecule has 3 aromatic carbocycles. The van der Waals surface area contributed by atoms with Gasteiger partial charge in [0, 0.05) is 0 Å². The summed E-state index contributed by atoms with van der Waals surface area (Å²) in [6, 6.07) is 20.6. The molecule has 0 fully saturated rings. The van der Waals surface area contributed by atoms with Gasteiger partial charge in [0.15, 0.2) is 6.10 Å². The number of hydrogen-bond acceptors (Lipinski definition) is 6. The van der Waals surface area contributed by atoms with Crippen molar-refractivity contribution in [3.05, 3.63) is 106 Å². The van der Waals surface area contributed by atoms with E-state index < -0.39 is 36.1 Å². The lowest BCUT2D eigenvalue weighted by atomic mass is 10.1. The van der Waals surface area contributed by atoms with E-state index in [1.54, 1.807) is 60.7 Å². The molecule has 0 amide bonds. The summed E-state index contributed by atoms with van der Waals surface area (Å²) in [5, 5.41) is 25.7. The van der Waals surface area contributed by atoms with Gasteiger partial charge in [-0.2, -0.15) is 0 Å². The molecule has 0 saturated heterocycles. The Hall–Kier alpha value is -4.50. The van der Waals surface area contributed by atoms with Crippen LogP contribution in [0.5, 0.6) is 0 Å². The Morgan fingerprint density at radius 1 is 0.650 bits per heavy atom. The predicted octanol–water partition coefficient (Wildman–Crippen LogP) is 5.81. The fourth-order valence-electron chi connectivity index (χ4n) is 2.93. The Morgan fingerprint density at radius 3 is 1.30 bits per heavy atom.